The Hall–Kier alpha value is -1.87. The summed E-state index contributed by atoms with van der Waals surface area (Å²) in [7, 11) is 0. The lowest BCUT2D eigenvalue weighted by Gasteiger charge is -2.14. The van der Waals surface area contributed by atoms with E-state index in [1.165, 1.54) is 12.1 Å². The van der Waals surface area contributed by atoms with Gasteiger partial charge in [0.05, 0.1) is 16.3 Å². The van der Waals surface area contributed by atoms with Crippen LogP contribution in [0.3, 0.4) is 0 Å². The van der Waals surface area contributed by atoms with E-state index in [-0.39, 0.29) is 33.0 Å². The number of carboxylic acids is 1. The highest BCUT2D eigenvalue weighted by atomic mass is 79.9. The molecule has 2 aromatic carbocycles. The zero-order valence-electron chi connectivity index (χ0n) is 12.9. The van der Waals surface area contributed by atoms with E-state index in [1.807, 2.05) is 0 Å². The van der Waals surface area contributed by atoms with Crippen LogP contribution in [0.2, 0.25) is 10.0 Å². The first-order valence-electron chi connectivity index (χ1n) is 6.98. The molecular formula is C16H11BrCl2N2O4S. The zero-order valence-corrected chi connectivity index (χ0v) is 16.8. The predicted molar refractivity (Wildman–Crippen MR) is 107 cm³/mol. The quantitative estimate of drug-likeness (QED) is 0.555. The van der Waals surface area contributed by atoms with Crippen molar-refractivity contribution in [1.29, 1.82) is 0 Å². The minimum atomic E-state index is -1.25. The monoisotopic (exact) mass is 476 g/mol. The second kappa shape index (κ2) is 9.18. The average molecular weight is 478 g/mol. The molecule has 26 heavy (non-hydrogen) atoms. The van der Waals surface area contributed by atoms with Crippen LogP contribution in [0.5, 0.6) is 5.75 Å². The molecule has 0 unspecified atom stereocenters. The fourth-order valence-electron chi connectivity index (χ4n) is 1.86. The maximum absolute atomic E-state index is 11.9. The van der Waals surface area contributed by atoms with Gasteiger partial charge in [-0.05, 0) is 48.6 Å². The molecule has 10 heteroatoms. The Kier molecular flexibility index (Phi) is 7.22. The molecule has 0 radical (unpaired) electrons. The lowest BCUT2D eigenvalue weighted by molar-refractivity contribution is -0.121. The van der Waals surface area contributed by atoms with Crippen LogP contribution in [-0.2, 0) is 4.79 Å². The molecule has 0 atom stereocenters. The molecule has 0 aliphatic carbocycles. The Morgan fingerprint density at radius 2 is 1.85 bits per heavy atom. The largest absolute Gasteiger partial charge is 0.484 e. The lowest BCUT2D eigenvalue weighted by atomic mass is 10.2. The van der Waals surface area contributed by atoms with E-state index in [1.54, 1.807) is 24.3 Å². The summed E-state index contributed by atoms with van der Waals surface area (Å²) in [6.45, 7) is -0.274. The molecule has 0 saturated heterocycles. The Morgan fingerprint density at radius 1 is 1.19 bits per heavy atom. The summed E-state index contributed by atoms with van der Waals surface area (Å²) in [6.07, 6.45) is 0. The van der Waals surface area contributed by atoms with Gasteiger partial charge in [-0.15, -0.1) is 0 Å². The number of halogens is 3. The van der Waals surface area contributed by atoms with Gasteiger partial charge in [-0.2, -0.15) is 0 Å². The molecule has 0 aliphatic heterocycles. The number of amides is 1. The van der Waals surface area contributed by atoms with E-state index < -0.39 is 11.9 Å². The van der Waals surface area contributed by atoms with Gasteiger partial charge < -0.3 is 15.2 Å². The number of anilines is 1. The Morgan fingerprint density at radius 3 is 2.46 bits per heavy atom. The molecule has 2 aromatic rings. The van der Waals surface area contributed by atoms with E-state index in [9.17, 15) is 14.7 Å². The fourth-order valence-corrected chi connectivity index (χ4v) is 2.88. The molecule has 6 nitrogen and oxygen atoms in total. The van der Waals surface area contributed by atoms with Crippen molar-refractivity contribution in [3.8, 4) is 5.75 Å². The normalized spacial score (nSPS) is 10.1. The second-order valence-electron chi connectivity index (χ2n) is 4.86. The number of rotatable bonds is 5. The first-order chi connectivity index (χ1) is 12.3. The summed E-state index contributed by atoms with van der Waals surface area (Å²) < 4.78 is 6.20. The third-order valence-electron chi connectivity index (χ3n) is 2.96. The molecule has 0 fully saturated rings. The van der Waals surface area contributed by atoms with E-state index in [2.05, 4.69) is 26.6 Å². The molecule has 0 spiro atoms. The fraction of sp³-hybridized carbons (Fsp3) is 0.0625. The van der Waals surface area contributed by atoms with Crippen molar-refractivity contribution in [1.82, 2.24) is 5.32 Å². The van der Waals surface area contributed by atoms with Crippen LogP contribution < -0.4 is 15.4 Å². The summed E-state index contributed by atoms with van der Waals surface area (Å²) in [5.74, 6) is -1.26. The molecule has 2 rings (SSSR count). The molecule has 0 aliphatic rings. The van der Waals surface area contributed by atoms with Gasteiger partial charge in [-0.3, -0.25) is 10.1 Å². The number of carboxylic acid groups (broad SMARTS) is 1. The maximum atomic E-state index is 11.9. The first-order valence-corrected chi connectivity index (χ1v) is 8.93. The van der Waals surface area contributed by atoms with Gasteiger partial charge in [0, 0.05) is 9.50 Å². The number of aromatic carboxylic acids is 1. The van der Waals surface area contributed by atoms with Gasteiger partial charge in [0.2, 0.25) is 0 Å². The topological polar surface area (TPSA) is 87.7 Å². The van der Waals surface area contributed by atoms with Gasteiger partial charge in [-0.25, -0.2) is 4.79 Å². The summed E-state index contributed by atoms with van der Waals surface area (Å²) >= 11 is 20.1. The predicted octanol–water partition coefficient (Wildman–Crippen LogP) is 4.35. The van der Waals surface area contributed by atoms with Crippen LogP contribution in [0.15, 0.2) is 40.9 Å². The number of nitrogens with one attached hydrogen (secondary N) is 2. The third kappa shape index (κ3) is 5.84. The molecule has 0 aromatic heterocycles. The number of ether oxygens (including phenoxy) is 1. The third-order valence-corrected chi connectivity index (χ3v) is 4.21. The number of benzene rings is 2. The molecule has 0 bridgehead atoms. The Labute approximate surface area is 172 Å². The maximum Gasteiger partial charge on any atom is 0.337 e. The average Bonchev–Trinajstić information content (AvgIpc) is 2.56. The number of carbonyl (C=O) groups excluding carboxylic acids is 1. The highest BCUT2D eigenvalue weighted by Gasteiger charge is 2.17. The SMILES string of the molecule is O=C(COc1ccc(Br)cc1)NC(=S)Nc1c(Cl)cc(Cl)cc1C(=O)O. The molecule has 136 valence electrons. The summed E-state index contributed by atoms with van der Waals surface area (Å²) in [5, 5.41) is 14.3. The van der Waals surface area contributed by atoms with Gasteiger partial charge in [0.1, 0.15) is 5.75 Å². The van der Waals surface area contributed by atoms with Crippen LogP contribution in [0.25, 0.3) is 0 Å². The van der Waals surface area contributed by atoms with Crippen molar-refractivity contribution < 1.29 is 19.4 Å². The van der Waals surface area contributed by atoms with Crippen LogP contribution in [0, 0.1) is 0 Å². The highest BCUT2D eigenvalue weighted by molar-refractivity contribution is 9.10. The van der Waals surface area contributed by atoms with Gasteiger partial charge in [0.15, 0.2) is 11.7 Å². The Bertz CT molecular complexity index is 862. The second-order valence-corrected chi connectivity index (χ2v) is 7.03. The molecule has 3 N–H and O–H groups in total. The number of thiocarbonyl (C=S) groups is 1. The number of hydrogen-bond acceptors (Lipinski definition) is 4. The minimum absolute atomic E-state index is 0.0303. The van der Waals surface area contributed by atoms with E-state index in [0.717, 1.165) is 4.47 Å². The van der Waals surface area contributed by atoms with Crippen molar-refractivity contribution >= 4 is 74.0 Å². The summed E-state index contributed by atoms with van der Waals surface area (Å²) in [4.78, 5) is 23.2. The van der Waals surface area contributed by atoms with Gasteiger partial charge in [-0.1, -0.05) is 39.1 Å². The van der Waals surface area contributed by atoms with Crippen LogP contribution in [0.1, 0.15) is 10.4 Å². The van der Waals surface area contributed by atoms with Crippen molar-refractivity contribution in [2.24, 2.45) is 0 Å². The minimum Gasteiger partial charge on any atom is -0.484 e. The van der Waals surface area contributed by atoms with Gasteiger partial charge >= 0.3 is 5.97 Å². The van der Waals surface area contributed by atoms with Crippen LogP contribution in [0.4, 0.5) is 5.69 Å². The van der Waals surface area contributed by atoms with E-state index in [4.69, 9.17) is 40.2 Å². The first kappa shape index (κ1) is 20.4. The van der Waals surface area contributed by atoms with Gasteiger partial charge in [0.25, 0.3) is 5.91 Å². The number of carbonyl (C=O) groups is 2. The molecular weight excluding hydrogens is 467 g/mol. The molecule has 1 amide bonds. The molecule has 0 saturated carbocycles. The van der Waals surface area contributed by atoms with Crippen molar-refractivity contribution in [3.05, 3.63) is 56.5 Å². The van der Waals surface area contributed by atoms with Crippen molar-refractivity contribution in [2.45, 2.75) is 0 Å². The lowest BCUT2D eigenvalue weighted by Crippen LogP contribution is -2.37. The van der Waals surface area contributed by atoms with E-state index >= 15 is 0 Å². The standard InChI is InChI=1S/C16H11BrCl2N2O4S/c17-8-1-3-10(4-2-8)25-7-13(22)20-16(26)21-14-11(15(23)24)5-9(18)6-12(14)19/h1-6H,7H2,(H,23,24)(H2,20,21,22,26). The number of hydrogen-bond donors (Lipinski definition) is 3. The van der Waals surface area contributed by atoms with E-state index in [0.29, 0.717) is 5.75 Å². The summed E-state index contributed by atoms with van der Waals surface area (Å²) in [6, 6.07) is 9.52. The van der Waals surface area contributed by atoms with Crippen LogP contribution >= 0.6 is 51.3 Å². The van der Waals surface area contributed by atoms with Crippen LogP contribution in [-0.4, -0.2) is 28.7 Å². The zero-order chi connectivity index (χ0) is 19.3. The highest BCUT2D eigenvalue weighted by Crippen LogP contribution is 2.30. The summed E-state index contributed by atoms with van der Waals surface area (Å²) in [5.41, 5.74) is -0.145. The van der Waals surface area contributed by atoms with Crippen molar-refractivity contribution in [2.75, 3.05) is 11.9 Å². The molecule has 0 heterocycles. The Balaban J connectivity index is 1.97. The smallest absolute Gasteiger partial charge is 0.337 e. The van der Waals surface area contributed by atoms with Crippen molar-refractivity contribution in [3.63, 3.8) is 0 Å².